The monoisotopic (exact) mass is 195 g/mol. The van der Waals surface area contributed by atoms with E-state index >= 15 is 0 Å². The molecule has 5 nitrogen and oxygen atoms in total. The zero-order chi connectivity index (χ0) is 9.97. The summed E-state index contributed by atoms with van der Waals surface area (Å²) in [4.78, 5) is 14.6. The predicted molar refractivity (Wildman–Crippen MR) is 49.9 cm³/mol. The van der Waals surface area contributed by atoms with Crippen molar-refractivity contribution in [3.8, 4) is 0 Å². The van der Waals surface area contributed by atoms with Crippen LogP contribution in [-0.4, -0.2) is 27.2 Å². The van der Waals surface area contributed by atoms with Gasteiger partial charge in [0.05, 0.1) is 12.1 Å². The molecule has 0 amide bonds. The Morgan fingerprint density at radius 1 is 1.71 bits per heavy atom. The van der Waals surface area contributed by atoms with Crippen molar-refractivity contribution in [2.45, 2.75) is 25.9 Å². The van der Waals surface area contributed by atoms with Gasteiger partial charge in [0.25, 0.3) is 0 Å². The van der Waals surface area contributed by atoms with Gasteiger partial charge in [0.1, 0.15) is 5.82 Å². The first-order valence-electron chi connectivity index (χ1n) is 4.73. The largest absolute Gasteiger partial charge is 0.481 e. The second kappa shape index (κ2) is 3.79. The van der Waals surface area contributed by atoms with Gasteiger partial charge in [0.15, 0.2) is 0 Å². The molecule has 0 aliphatic carbocycles. The Balaban J connectivity index is 2.10. The average molecular weight is 195 g/mol. The summed E-state index contributed by atoms with van der Waals surface area (Å²) in [5.41, 5.74) is 1.15. The molecule has 1 aliphatic heterocycles. The zero-order valence-electron chi connectivity index (χ0n) is 7.86. The van der Waals surface area contributed by atoms with E-state index in [-0.39, 0.29) is 6.42 Å². The number of carboxylic acid groups (broad SMARTS) is 1. The summed E-state index contributed by atoms with van der Waals surface area (Å²) < 4.78 is 2.11. The van der Waals surface area contributed by atoms with E-state index in [0.717, 1.165) is 31.2 Å². The highest BCUT2D eigenvalue weighted by Gasteiger charge is 2.13. The Morgan fingerprint density at radius 2 is 2.57 bits per heavy atom. The molecule has 0 fully saturated rings. The van der Waals surface area contributed by atoms with Gasteiger partial charge in [-0.2, -0.15) is 0 Å². The molecule has 5 heteroatoms. The van der Waals surface area contributed by atoms with Crippen molar-refractivity contribution < 1.29 is 9.90 Å². The normalized spacial score (nSPS) is 15.1. The van der Waals surface area contributed by atoms with Gasteiger partial charge in [0.2, 0.25) is 0 Å². The SMILES string of the molecule is O=C(O)CCc1ncc2n1CCNC2. The summed E-state index contributed by atoms with van der Waals surface area (Å²) in [6.07, 6.45) is 2.50. The molecule has 2 N–H and O–H groups in total. The first kappa shape index (κ1) is 9.21. The molecule has 0 saturated heterocycles. The van der Waals surface area contributed by atoms with E-state index in [9.17, 15) is 4.79 Å². The quantitative estimate of drug-likeness (QED) is 0.712. The average Bonchev–Trinajstić information content (AvgIpc) is 2.58. The van der Waals surface area contributed by atoms with Gasteiger partial charge < -0.3 is 15.0 Å². The van der Waals surface area contributed by atoms with Crippen LogP contribution >= 0.6 is 0 Å². The van der Waals surface area contributed by atoms with Crippen molar-refractivity contribution in [2.75, 3.05) is 6.54 Å². The number of imidazole rings is 1. The maximum absolute atomic E-state index is 10.4. The van der Waals surface area contributed by atoms with Crippen LogP contribution in [0.25, 0.3) is 0 Å². The minimum absolute atomic E-state index is 0.157. The number of fused-ring (bicyclic) bond motifs is 1. The predicted octanol–water partition coefficient (Wildman–Crippen LogP) is 0.00350. The molecule has 1 aromatic heterocycles. The fourth-order valence-electron chi connectivity index (χ4n) is 1.69. The van der Waals surface area contributed by atoms with Crippen LogP contribution in [0.2, 0.25) is 0 Å². The van der Waals surface area contributed by atoms with Crippen molar-refractivity contribution in [2.24, 2.45) is 0 Å². The fraction of sp³-hybridized carbons (Fsp3) is 0.556. The highest BCUT2D eigenvalue weighted by Crippen LogP contribution is 2.10. The van der Waals surface area contributed by atoms with Gasteiger partial charge in [-0.15, -0.1) is 0 Å². The highest BCUT2D eigenvalue weighted by atomic mass is 16.4. The Hall–Kier alpha value is -1.36. The second-order valence-electron chi connectivity index (χ2n) is 3.39. The third-order valence-electron chi connectivity index (χ3n) is 2.40. The number of aryl methyl sites for hydroxylation is 1. The summed E-state index contributed by atoms with van der Waals surface area (Å²) in [7, 11) is 0. The lowest BCUT2D eigenvalue weighted by Crippen LogP contribution is -2.28. The fourth-order valence-corrected chi connectivity index (χ4v) is 1.69. The number of aromatic nitrogens is 2. The molecule has 0 spiro atoms. The first-order chi connectivity index (χ1) is 6.77. The van der Waals surface area contributed by atoms with E-state index in [1.54, 1.807) is 0 Å². The Kier molecular flexibility index (Phi) is 2.49. The number of aliphatic carboxylic acids is 1. The number of carboxylic acids is 1. The Labute approximate surface area is 81.8 Å². The highest BCUT2D eigenvalue weighted by molar-refractivity contribution is 5.66. The number of carbonyl (C=O) groups is 1. The van der Waals surface area contributed by atoms with Crippen molar-refractivity contribution in [1.82, 2.24) is 14.9 Å². The number of hydrogen-bond acceptors (Lipinski definition) is 3. The van der Waals surface area contributed by atoms with Crippen molar-refractivity contribution in [3.63, 3.8) is 0 Å². The molecule has 76 valence electrons. The zero-order valence-corrected chi connectivity index (χ0v) is 7.86. The third-order valence-corrected chi connectivity index (χ3v) is 2.40. The van der Waals surface area contributed by atoms with Crippen LogP contribution in [0.1, 0.15) is 17.9 Å². The van der Waals surface area contributed by atoms with E-state index in [2.05, 4.69) is 14.9 Å². The summed E-state index contributed by atoms with van der Waals surface area (Å²) in [5.74, 6) is 0.125. The molecule has 1 aromatic rings. The molecular formula is C9H13N3O2. The van der Waals surface area contributed by atoms with E-state index < -0.39 is 5.97 Å². The first-order valence-corrected chi connectivity index (χ1v) is 4.73. The lowest BCUT2D eigenvalue weighted by molar-refractivity contribution is -0.137. The molecule has 0 radical (unpaired) electrons. The van der Waals surface area contributed by atoms with Crippen LogP contribution in [0, 0.1) is 0 Å². The minimum Gasteiger partial charge on any atom is -0.481 e. The van der Waals surface area contributed by atoms with Crippen molar-refractivity contribution in [3.05, 3.63) is 17.7 Å². The second-order valence-corrected chi connectivity index (χ2v) is 3.39. The smallest absolute Gasteiger partial charge is 0.303 e. The third kappa shape index (κ3) is 1.77. The molecule has 0 unspecified atom stereocenters. The molecule has 0 aromatic carbocycles. The van der Waals surface area contributed by atoms with Gasteiger partial charge >= 0.3 is 5.97 Å². The molecule has 0 atom stereocenters. The van der Waals surface area contributed by atoms with Gasteiger partial charge in [-0.05, 0) is 0 Å². The molecule has 2 rings (SSSR count). The molecule has 1 aliphatic rings. The van der Waals surface area contributed by atoms with Gasteiger partial charge in [-0.3, -0.25) is 4.79 Å². The lowest BCUT2D eigenvalue weighted by Gasteiger charge is -2.17. The van der Waals surface area contributed by atoms with Gasteiger partial charge in [0, 0.05) is 32.3 Å². The van der Waals surface area contributed by atoms with Crippen LogP contribution in [0.3, 0.4) is 0 Å². The minimum atomic E-state index is -0.767. The van der Waals surface area contributed by atoms with E-state index in [4.69, 9.17) is 5.11 Å². The number of nitrogens with zero attached hydrogens (tertiary/aromatic N) is 2. The van der Waals surface area contributed by atoms with E-state index in [1.807, 2.05) is 6.20 Å². The Bertz CT molecular complexity index is 346. The topological polar surface area (TPSA) is 67.1 Å². The number of rotatable bonds is 3. The standard InChI is InChI=1S/C9H13N3O2/c13-9(14)2-1-8-11-6-7-5-10-3-4-12(7)8/h6,10H,1-5H2,(H,13,14). The molecule has 2 heterocycles. The summed E-state index contributed by atoms with van der Waals surface area (Å²) in [6.45, 7) is 2.66. The van der Waals surface area contributed by atoms with Crippen LogP contribution in [0.5, 0.6) is 0 Å². The summed E-state index contributed by atoms with van der Waals surface area (Å²) in [5, 5.41) is 11.8. The Morgan fingerprint density at radius 3 is 3.36 bits per heavy atom. The van der Waals surface area contributed by atoms with Gasteiger partial charge in [-0.1, -0.05) is 0 Å². The van der Waals surface area contributed by atoms with E-state index in [1.165, 1.54) is 0 Å². The van der Waals surface area contributed by atoms with Crippen molar-refractivity contribution in [1.29, 1.82) is 0 Å². The van der Waals surface area contributed by atoms with Crippen LogP contribution in [0.4, 0.5) is 0 Å². The lowest BCUT2D eigenvalue weighted by atomic mass is 10.3. The molecule has 0 bridgehead atoms. The van der Waals surface area contributed by atoms with Gasteiger partial charge in [-0.25, -0.2) is 4.98 Å². The summed E-state index contributed by atoms with van der Waals surface area (Å²) in [6, 6.07) is 0. The van der Waals surface area contributed by atoms with E-state index in [0.29, 0.717) is 6.42 Å². The maximum atomic E-state index is 10.4. The number of hydrogen-bond donors (Lipinski definition) is 2. The van der Waals surface area contributed by atoms with Crippen LogP contribution < -0.4 is 5.32 Å². The maximum Gasteiger partial charge on any atom is 0.303 e. The van der Waals surface area contributed by atoms with Crippen LogP contribution in [0.15, 0.2) is 6.20 Å². The molecule has 0 saturated carbocycles. The summed E-state index contributed by atoms with van der Waals surface area (Å²) >= 11 is 0. The van der Waals surface area contributed by atoms with Crippen molar-refractivity contribution >= 4 is 5.97 Å². The number of nitrogens with one attached hydrogen (secondary N) is 1. The molecular weight excluding hydrogens is 182 g/mol. The molecule has 14 heavy (non-hydrogen) atoms. The van der Waals surface area contributed by atoms with Crippen LogP contribution in [-0.2, 0) is 24.3 Å².